The van der Waals surface area contributed by atoms with E-state index in [4.69, 9.17) is 4.52 Å². The molecular formula is C15H19FN4O2. The van der Waals surface area contributed by atoms with Crippen LogP contribution in [0.15, 0.2) is 22.7 Å². The van der Waals surface area contributed by atoms with Gasteiger partial charge in [-0.2, -0.15) is 4.98 Å². The molecule has 0 atom stereocenters. The maximum Gasteiger partial charge on any atom is 0.227 e. The number of likely N-dealkylation sites (N-methyl/N-ethyl adjacent to an activating group) is 1. The summed E-state index contributed by atoms with van der Waals surface area (Å²) < 4.78 is 18.6. The van der Waals surface area contributed by atoms with Gasteiger partial charge in [-0.1, -0.05) is 17.3 Å². The van der Waals surface area contributed by atoms with Gasteiger partial charge < -0.3 is 15.2 Å². The van der Waals surface area contributed by atoms with Crippen molar-refractivity contribution in [2.24, 2.45) is 0 Å². The summed E-state index contributed by atoms with van der Waals surface area (Å²) in [7, 11) is 1.82. The molecule has 0 fully saturated rings. The van der Waals surface area contributed by atoms with Crippen LogP contribution in [-0.2, 0) is 11.2 Å². The third-order valence-electron chi connectivity index (χ3n) is 3.16. The van der Waals surface area contributed by atoms with Crippen LogP contribution in [0.3, 0.4) is 0 Å². The molecule has 0 bridgehead atoms. The first-order chi connectivity index (χ1) is 10.6. The van der Waals surface area contributed by atoms with Crippen molar-refractivity contribution in [1.82, 2.24) is 20.8 Å². The standard InChI is InChI=1S/C15H19FN4O2/c1-10-3-4-11(9-12(10)16)15-19-14(22-20-15)6-5-13(21)18-8-7-17-2/h3-4,9,17H,5-8H2,1-2H3,(H,18,21). The third-order valence-corrected chi connectivity index (χ3v) is 3.16. The summed E-state index contributed by atoms with van der Waals surface area (Å²) in [4.78, 5) is 15.8. The quantitative estimate of drug-likeness (QED) is 0.757. The summed E-state index contributed by atoms with van der Waals surface area (Å²) in [6.45, 7) is 2.98. The van der Waals surface area contributed by atoms with Gasteiger partial charge in [0.15, 0.2) is 0 Å². The van der Waals surface area contributed by atoms with Gasteiger partial charge in [0.1, 0.15) is 5.82 Å². The predicted octanol–water partition coefficient (Wildman–Crippen LogP) is 1.45. The molecule has 2 rings (SSSR count). The Bertz CT molecular complexity index is 642. The fourth-order valence-corrected chi connectivity index (χ4v) is 1.84. The van der Waals surface area contributed by atoms with E-state index >= 15 is 0 Å². The molecule has 0 spiro atoms. The first kappa shape index (κ1) is 16.1. The van der Waals surface area contributed by atoms with Crippen molar-refractivity contribution in [1.29, 1.82) is 0 Å². The molecule has 1 aromatic carbocycles. The lowest BCUT2D eigenvalue weighted by Crippen LogP contribution is -2.30. The molecule has 1 amide bonds. The summed E-state index contributed by atoms with van der Waals surface area (Å²) in [6.07, 6.45) is 0.625. The molecule has 0 aliphatic rings. The molecule has 0 saturated carbocycles. The zero-order chi connectivity index (χ0) is 15.9. The Kier molecular flexibility index (Phi) is 5.60. The van der Waals surface area contributed by atoms with Crippen LogP contribution >= 0.6 is 0 Å². The van der Waals surface area contributed by atoms with Crippen molar-refractivity contribution < 1.29 is 13.7 Å². The minimum atomic E-state index is -0.312. The highest BCUT2D eigenvalue weighted by atomic mass is 19.1. The molecule has 6 nitrogen and oxygen atoms in total. The maximum atomic E-state index is 13.5. The van der Waals surface area contributed by atoms with Gasteiger partial charge in [-0.3, -0.25) is 4.79 Å². The number of hydrogen-bond donors (Lipinski definition) is 2. The Balaban J connectivity index is 1.91. The van der Waals surface area contributed by atoms with Crippen molar-refractivity contribution >= 4 is 5.91 Å². The predicted molar refractivity (Wildman–Crippen MR) is 79.7 cm³/mol. The molecule has 1 aromatic heterocycles. The van der Waals surface area contributed by atoms with E-state index in [-0.39, 0.29) is 18.1 Å². The second-order valence-electron chi connectivity index (χ2n) is 4.93. The van der Waals surface area contributed by atoms with E-state index in [1.165, 1.54) is 6.07 Å². The molecule has 1 heterocycles. The van der Waals surface area contributed by atoms with Crippen LogP contribution in [-0.4, -0.2) is 36.2 Å². The normalized spacial score (nSPS) is 10.7. The van der Waals surface area contributed by atoms with Crippen LogP contribution in [0, 0.1) is 12.7 Å². The average molecular weight is 306 g/mol. The molecular weight excluding hydrogens is 287 g/mol. The molecule has 22 heavy (non-hydrogen) atoms. The second-order valence-corrected chi connectivity index (χ2v) is 4.93. The smallest absolute Gasteiger partial charge is 0.227 e. The molecule has 0 aliphatic heterocycles. The highest BCUT2D eigenvalue weighted by Gasteiger charge is 2.11. The first-order valence-electron chi connectivity index (χ1n) is 7.10. The number of nitrogens with one attached hydrogen (secondary N) is 2. The lowest BCUT2D eigenvalue weighted by atomic mass is 10.1. The van der Waals surface area contributed by atoms with Gasteiger partial charge in [0.2, 0.25) is 17.6 Å². The second kappa shape index (κ2) is 7.65. The van der Waals surface area contributed by atoms with Gasteiger partial charge in [-0.15, -0.1) is 0 Å². The molecule has 0 unspecified atom stereocenters. The highest BCUT2D eigenvalue weighted by molar-refractivity contribution is 5.76. The van der Waals surface area contributed by atoms with Gasteiger partial charge >= 0.3 is 0 Å². The number of carbonyl (C=O) groups excluding carboxylic acids is 1. The van der Waals surface area contributed by atoms with E-state index in [1.807, 2.05) is 7.05 Å². The van der Waals surface area contributed by atoms with Crippen LogP contribution in [0.2, 0.25) is 0 Å². The fourth-order valence-electron chi connectivity index (χ4n) is 1.84. The average Bonchev–Trinajstić information content (AvgIpc) is 2.97. The van der Waals surface area contributed by atoms with Gasteiger partial charge in [0.05, 0.1) is 0 Å². The maximum absolute atomic E-state index is 13.5. The van der Waals surface area contributed by atoms with E-state index in [9.17, 15) is 9.18 Å². The lowest BCUT2D eigenvalue weighted by Gasteiger charge is -2.02. The summed E-state index contributed by atoms with van der Waals surface area (Å²) >= 11 is 0. The van der Waals surface area contributed by atoms with Crippen molar-refractivity contribution in [3.63, 3.8) is 0 Å². The Morgan fingerprint density at radius 1 is 1.36 bits per heavy atom. The van der Waals surface area contributed by atoms with E-state index in [0.717, 1.165) is 6.54 Å². The summed E-state index contributed by atoms with van der Waals surface area (Å²) in [5, 5.41) is 9.52. The molecule has 0 saturated heterocycles. The monoisotopic (exact) mass is 306 g/mol. The van der Waals surface area contributed by atoms with Crippen molar-refractivity contribution in [2.45, 2.75) is 19.8 Å². The van der Waals surface area contributed by atoms with Crippen LogP contribution in [0.4, 0.5) is 4.39 Å². The van der Waals surface area contributed by atoms with Crippen molar-refractivity contribution in [3.05, 3.63) is 35.5 Å². The number of rotatable bonds is 7. The zero-order valence-electron chi connectivity index (χ0n) is 12.6. The number of nitrogens with zero attached hydrogens (tertiary/aromatic N) is 2. The van der Waals surface area contributed by atoms with Crippen LogP contribution < -0.4 is 10.6 Å². The number of amides is 1. The Morgan fingerprint density at radius 3 is 2.91 bits per heavy atom. The van der Waals surface area contributed by atoms with Gasteiger partial charge in [0, 0.05) is 31.5 Å². The minimum Gasteiger partial charge on any atom is -0.355 e. The SMILES string of the molecule is CNCCNC(=O)CCc1nc(-c2ccc(C)c(F)c2)no1. The van der Waals surface area contributed by atoms with Crippen molar-refractivity contribution in [2.75, 3.05) is 20.1 Å². The number of halogens is 1. The van der Waals surface area contributed by atoms with E-state index in [2.05, 4.69) is 20.8 Å². The highest BCUT2D eigenvalue weighted by Crippen LogP contribution is 2.19. The number of carbonyl (C=O) groups is 1. The molecule has 0 aliphatic carbocycles. The molecule has 2 aromatic rings. The fraction of sp³-hybridized carbons (Fsp3) is 0.400. The number of hydrogen-bond acceptors (Lipinski definition) is 5. The Hall–Kier alpha value is -2.28. The minimum absolute atomic E-state index is 0.0728. The first-order valence-corrected chi connectivity index (χ1v) is 7.10. The number of benzene rings is 1. The lowest BCUT2D eigenvalue weighted by molar-refractivity contribution is -0.121. The number of aryl methyl sites for hydroxylation is 2. The molecule has 7 heteroatoms. The Morgan fingerprint density at radius 2 is 2.18 bits per heavy atom. The van der Waals surface area contributed by atoms with Gasteiger partial charge in [0.25, 0.3) is 0 Å². The zero-order valence-corrected chi connectivity index (χ0v) is 12.6. The summed E-state index contributed by atoms with van der Waals surface area (Å²) in [5.74, 6) is 0.299. The third kappa shape index (κ3) is 4.36. The van der Waals surface area contributed by atoms with Crippen molar-refractivity contribution in [3.8, 4) is 11.4 Å². The summed E-state index contributed by atoms with van der Waals surface area (Å²) in [5.41, 5.74) is 1.11. The topological polar surface area (TPSA) is 80.0 Å². The van der Waals surface area contributed by atoms with E-state index in [0.29, 0.717) is 35.8 Å². The molecule has 0 radical (unpaired) electrons. The van der Waals surface area contributed by atoms with E-state index < -0.39 is 0 Å². The van der Waals surface area contributed by atoms with E-state index in [1.54, 1.807) is 19.1 Å². The largest absolute Gasteiger partial charge is 0.355 e. The van der Waals surface area contributed by atoms with Gasteiger partial charge in [-0.25, -0.2) is 4.39 Å². The number of aromatic nitrogens is 2. The van der Waals surface area contributed by atoms with Crippen LogP contribution in [0.5, 0.6) is 0 Å². The molecule has 2 N–H and O–H groups in total. The Labute approximate surface area is 128 Å². The summed E-state index contributed by atoms with van der Waals surface area (Å²) in [6, 6.07) is 4.77. The van der Waals surface area contributed by atoms with Crippen LogP contribution in [0.25, 0.3) is 11.4 Å². The van der Waals surface area contributed by atoms with Crippen LogP contribution in [0.1, 0.15) is 17.9 Å². The van der Waals surface area contributed by atoms with Gasteiger partial charge in [-0.05, 0) is 25.6 Å². The molecule has 118 valence electrons.